The fraction of sp³-hybridized carbons (Fsp3) is 0.0833. The molecule has 0 saturated heterocycles. The topological polar surface area (TPSA) is 111 Å². The van der Waals surface area contributed by atoms with Crippen LogP contribution >= 0.6 is 0 Å². The van der Waals surface area contributed by atoms with Crippen LogP contribution in [0.15, 0.2) is 83.0 Å². The predicted molar refractivity (Wildman–Crippen MR) is 118 cm³/mol. The molecule has 0 atom stereocenters. The van der Waals surface area contributed by atoms with E-state index >= 15 is 0 Å². The van der Waals surface area contributed by atoms with E-state index in [9.17, 15) is 15.3 Å². The van der Waals surface area contributed by atoms with Crippen molar-refractivity contribution < 1.29 is 15.3 Å². The van der Waals surface area contributed by atoms with Crippen molar-refractivity contribution in [3.05, 3.63) is 83.9 Å². The molecule has 6 nitrogen and oxygen atoms in total. The highest BCUT2D eigenvalue weighted by Gasteiger charge is 2.09. The lowest BCUT2D eigenvalue weighted by Crippen LogP contribution is -1.91. The first-order chi connectivity index (χ1) is 14.5. The summed E-state index contributed by atoms with van der Waals surface area (Å²) in [5.74, 6) is 0.356. The normalized spacial score (nSPS) is 11.3. The number of hydrogen-bond donors (Lipinski definition) is 4. The fourth-order valence-corrected chi connectivity index (χ4v) is 3.34. The van der Waals surface area contributed by atoms with Gasteiger partial charge in [0.05, 0.1) is 5.69 Å². The Morgan fingerprint density at radius 3 is 2.23 bits per heavy atom. The Balaban J connectivity index is 1.48. The average molecular weight is 399 g/mol. The molecule has 4 rings (SSSR count). The SMILES string of the molecule is Nc1cc(N=Nc2ccc(CCc3cc(O)ccc3O)cc2)c(O)c2ccccc12. The summed E-state index contributed by atoms with van der Waals surface area (Å²) in [6.07, 6.45) is 1.31. The molecular weight excluding hydrogens is 378 g/mol. The monoisotopic (exact) mass is 399 g/mol. The van der Waals surface area contributed by atoms with Crippen LogP contribution in [-0.4, -0.2) is 15.3 Å². The minimum atomic E-state index is 0.0473. The van der Waals surface area contributed by atoms with Crippen molar-refractivity contribution >= 4 is 27.8 Å². The molecular formula is C24H21N3O3. The standard InChI is InChI=1S/C24H21N3O3/c25-21-14-22(24(30)20-4-2-1-3-19(20)21)27-26-17-9-6-15(7-10-17)5-8-16-13-18(28)11-12-23(16)29/h1-4,6-7,9-14,28-30H,5,8,25H2. The molecule has 0 aliphatic carbocycles. The summed E-state index contributed by atoms with van der Waals surface area (Å²) in [5, 5.41) is 39.7. The molecule has 0 aliphatic heterocycles. The number of phenols is 3. The van der Waals surface area contributed by atoms with E-state index in [1.807, 2.05) is 42.5 Å². The molecule has 150 valence electrons. The van der Waals surface area contributed by atoms with Gasteiger partial charge in [0.1, 0.15) is 17.2 Å². The summed E-state index contributed by atoms with van der Waals surface area (Å²) in [7, 11) is 0. The van der Waals surface area contributed by atoms with Crippen molar-refractivity contribution in [3.8, 4) is 17.2 Å². The number of phenolic OH excluding ortho intramolecular Hbond substituents is 3. The molecule has 5 N–H and O–H groups in total. The molecule has 0 aliphatic rings. The molecule has 0 radical (unpaired) electrons. The van der Waals surface area contributed by atoms with Crippen molar-refractivity contribution in [2.24, 2.45) is 10.2 Å². The highest BCUT2D eigenvalue weighted by atomic mass is 16.3. The van der Waals surface area contributed by atoms with Crippen LogP contribution in [-0.2, 0) is 12.8 Å². The number of aromatic hydroxyl groups is 3. The lowest BCUT2D eigenvalue weighted by Gasteiger charge is -2.07. The second-order valence-corrected chi connectivity index (χ2v) is 7.06. The van der Waals surface area contributed by atoms with Gasteiger partial charge >= 0.3 is 0 Å². The Hall–Kier alpha value is -4.06. The van der Waals surface area contributed by atoms with Gasteiger partial charge in [0.25, 0.3) is 0 Å². The highest BCUT2D eigenvalue weighted by molar-refractivity contribution is 6.00. The largest absolute Gasteiger partial charge is 0.508 e. The summed E-state index contributed by atoms with van der Waals surface area (Å²) >= 11 is 0. The number of nitrogens with two attached hydrogens (primary N) is 1. The molecule has 4 aromatic rings. The third kappa shape index (κ3) is 4.03. The van der Waals surface area contributed by atoms with Crippen LogP contribution in [0.4, 0.5) is 17.1 Å². The number of aryl methyl sites for hydroxylation is 2. The van der Waals surface area contributed by atoms with Gasteiger partial charge in [-0.15, -0.1) is 5.11 Å². The predicted octanol–water partition coefficient (Wildman–Crippen LogP) is 5.74. The van der Waals surface area contributed by atoms with Crippen molar-refractivity contribution in [2.45, 2.75) is 12.8 Å². The van der Waals surface area contributed by atoms with Gasteiger partial charge in [0, 0.05) is 16.5 Å². The van der Waals surface area contributed by atoms with E-state index in [1.165, 1.54) is 12.1 Å². The second-order valence-electron chi connectivity index (χ2n) is 7.06. The van der Waals surface area contributed by atoms with Crippen LogP contribution in [0.2, 0.25) is 0 Å². The number of nitrogen functional groups attached to an aromatic ring is 1. The maximum absolute atomic E-state index is 10.5. The molecule has 0 bridgehead atoms. The van der Waals surface area contributed by atoms with Gasteiger partial charge < -0.3 is 21.1 Å². The van der Waals surface area contributed by atoms with Crippen LogP contribution in [0.3, 0.4) is 0 Å². The minimum absolute atomic E-state index is 0.0473. The van der Waals surface area contributed by atoms with Crippen molar-refractivity contribution in [2.75, 3.05) is 5.73 Å². The van der Waals surface area contributed by atoms with Gasteiger partial charge in [-0.1, -0.05) is 36.4 Å². The Labute approximate surface area is 173 Å². The molecule has 0 unspecified atom stereocenters. The summed E-state index contributed by atoms with van der Waals surface area (Å²) in [5.41, 5.74) is 9.32. The zero-order valence-electron chi connectivity index (χ0n) is 16.2. The molecule has 6 heteroatoms. The molecule has 0 heterocycles. The molecule has 30 heavy (non-hydrogen) atoms. The maximum Gasteiger partial charge on any atom is 0.151 e. The van der Waals surface area contributed by atoms with E-state index in [0.717, 1.165) is 10.9 Å². The Bertz CT molecular complexity index is 1230. The summed E-state index contributed by atoms with van der Waals surface area (Å²) in [6.45, 7) is 0. The van der Waals surface area contributed by atoms with E-state index in [1.54, 1.807) is 18.2 Å². The maximum atomic E-state index is 10.5. The number of fused-ring (bicyclic) bond motifs is 1. The smallest absolute Gasteiger partial charge is 0.151 e. The Morgan fingerprint density at radius 2 is 1.47 bits per heavy atom. The molecule has 0 fully saturated rings. The number of nitrogens with zero attached hydrogens (tertiary/aromatic N) is 2. The third-order valence-corrected chi connectivity index (χ3v) is 4.98. The van der Waals surface area contributed by atoms with Gasteiger partial charge in [-0.3, -0.25) is 0 Å². The number of rotatable bonds is 5. The number of azo groups is 1. The van der Waals surface area contributed by atoms with Crippen molar-refractivity contribution in [1.29, 1.82) is 0 Å². The zero-order chi connectivity index (χ0) is 21.1. The van der Waals surface area contributed by atoms with Gasteiger partial charge in [0.2, 0.25) is 0 Å². The highest BCUT2D eigenvalue weighted by Crippen LogP contribution is 2.39. The Morgan fingerprint density at radius 1 is 0.733 bits per heavy atom. The lowest BCUT2D eigenvalue weighted by atomic mass is 10.0. The van der Waals surface area contributed by atoms with Gasteiger partial charge in [-0.25, -0.2) is 0 Å². The fourth-order valence-electron chi connectivity index (χ4n) is 3.34. The average Bonchev–Trinajstić information content (AvgIpc) is 2.76. The molecule has 4 aromatic carbocycles. The number of benzene rings is 4. The number of anilines is 1. The van der Waals surface area contributed by atoms with Crippen LogP contribution in [0.1, 0.15) is 11.1 Å². The first kappa shape index (κ1) is 19.3. The van der Waals surface area contributed by atoms with Crippen LogP contribution in [0.5, 0.6) is 17.2 Å². The summed E-state index contributed by atoms with van der Waals surface area (Å²) in [4.78, 5) is 0. The zero-order valence-corrected chi connectivity index (χ0v) is 16.2. The van der Waals surface area contributed by atoms with E-state index < -0.39 is 0 Å². The molecule has 0 amide bonds. The van der Waals surface area contributed by atoms with Crippen LogP contribution in [0, 0.1) is 0 Å². The first-order valence-electron chi connectivity index (χ1n) is 9.53. The van der Waals surface area contributed by atoms with E-state index in [0.29, 0.717) is 40.9 Å². The molecule has 0 saturated carbocycles. The van der Waals surface area contributed by atoms with Gasteiger partial charge in [-0.2, -0.15) is 5.11 Å². The number of hydrogen-bond acceptors (Lipinski definition) is 6. The summed E-state index contributed by atoms with van der Waals surface area (Å²) in [6, 6.07) is 21.0. The molecule has 0 aromatic heterocycles. The van der Waals surface area contributed by atoms with Crippen molar-refractivity contribution in [3.63, 3.8) is 0 Å². The van der Waals surface area contributed by atoms with E-state index in [-0.39, 0.29) is 17.2 Å². The Kier molecular flexibility index (Phi) is 5.22. The van der Waals surface area contributed by atoms with E-state index in [2.05, 4.69) is 10.2 Å². The van der Waals surface area contributed by atoms with E-state index in [4.69, 9.17) is 5.73 Å². The van der Waals surface area contributed by atoms with Gasteiger partial charge in [-0.05, 0) is 60.4 Å². The third-order valence-electron chi connectivity index (χ3n) is 4.98. The lowest BCUT2D eigenvalue weighted by molar-refractivity contribution is 0.454. The quantitative estimate of drug-likeness (QED) is 0.195. The van der Waals surface area contributed by atoms with Crippen LogP contribution in [0.25, 0.3) is 10.8 Å². The van der Waals surface area contributed by atoms with Crippen molar-refractivity contribution in [1.82, 2.24) is 0 Å². The minimum Gasteiger partial charge on any atom is -0.508 e. The summed E-state index contributed by atoms with van der Waals surface area (Å²) < 4.78 is 0. The second kappa shape index (κ2) is 8.13. The van der Waals surface area contributed by atoms with Crippen LogP contribution < -0.4 is 5.73 Å². The molecule has 0 spiro atoms. The van der Waals surface area contributed by atoms with Gasteiger partial charge in [0.15, 0.2) is 5.75 Å². The first-order valence-corrected chi connectivity index (χ1v) is 9.53.